The van der Waals surface area contributed by atoms with Crippen LogP contribution in [0.5, 0.6) is 5.75 Å². The van der Waals surface area contributed by atoms with Crippen LogP contribution in [-0.4, -0.2) is 31.7 Å². The molecule has 1 aromatic carbocycles. The Kier molecular flexibility index (Phi) is 6.45. The maximum Gasteiger partial charge on any atom is 0.170 e. The molecule has 1 aliphatic heterocycles. The lowest BCUT2D eigenvalue weighted by atomic mass is 9.96. The Bertz CT molecular complexity index is 1360. The number of ether oxygens (including phenoxy) is 1. The van der Waals surface area contributed by atoms with Crippen molar-refractivity contribution in [3.63, 3.8) is 0 Å². The minimum Gasteiger partial charge on any atom is -0.495 e. The van der Waals surface area contributed by atoms with Gasteiger partial charge in [-0.1, -0.05) is 23.7 Å². The molecule has 0 amide bonds. The summed E-state index contributed by atoms with van der Waals surface area (Å²) in [4.78, 5) is 11.2. The Labute approximate surface area is 215 Å². The third-order valence-electron chi connectivity index (χ3n) is 6.44. The number of aromatic nitrogens is 3. The van der Waals surface area contributed by atoms with E-state index in [2.05, 4.69) is 50.7 Å². The highest BCUT2D eigenvalue weighted by Gasteiger charge is 2.41. The largest absolute Gasteiger partial charge is 0.495 e. The van der Waals surface area contributed by atoms with E-state index in [0.29, 0.717) is 16.7 Å². The predicted molar refractivity (Wildman–Crippen MR) is 142 cm³/mol. The fourth-order valence-electron chi connectivity index (χ4n) is 4.90. The van der Waals surface area contributed by atoms with E-state index >= 15 is 0 Å². The second kappa shape index (κ2) is 9.68. The fraction of sp³-hybridized carbons (Fsp3) is 0.222. The Hall–Kier alpha value is -3.42. The lowest BCUT2D eigenvalue weighted by Gasteiger charge is -2.28. The van der Waals surface area contributed by atoms with Crippen LogP contribution < -0.4 is 10.1 Å². The molecule has 0 spiro atoms. The monoisotopic (exact) mass is 503 g/mol. The van der Waals surface area contributed by atoms with Crippen molar-refractivity contribution >= 4 is 28.9 Å². The molecule has 0 saturated carbocycles. The fourth-order valence-corrected chi connectivity index (χ4v) is 5.37. The summed E-state index contributed by atoms with van der Waals surface area (Å²) in [5.74, 6) is 0.760. The number of benzene rings is 1. The van der Waals surface area contributed by atoms with E-state index in [4.69, 9.17) is 28.6 Å². The van der Waals surface area contributed by atoms with Gasteiger partial charge in [0.15, 0.2) is 5.11 Å². The van der Waals surface area contributed by atoms with E-state index in [-0.39, 0.29) is 12.1 Å². The number of nitrogens with zero attached hydrogens (tertiary/aromatic N) is 4. The van der Waals surface area contributed by atoms with Crippen LogP contribution in [-0.2, 0) is 6.54 Å². The third kappa shape index (κ3) is 4.37. The Morgan fingerprint density at radius 2 is 1.94 bits per heavy atom. The minimum atomic E-state index is -0.101. The summed E-state index contributed by atoms with van der Waals surface area (Å²) in [7, 11) is 1.67. The first kappa shape index (κ1) is 23.3. The normalized spacial score (nSPS) is 17.5. The topological polar surface area (TPSA) is 55.2 Å². The molecule has 6 nitrogen and oxygen atoms in total. The standard InChI is InChI=1S/C27H26ClN5OS/c1-17-13-21(18(2)33(17)23-14-20(28)9-10-24(23)34-3)26-25(22-8-4-5-12-30-22)31-27(35)32(26)16-19-7-6-11-29-15-19/h4-15,25-26H,16H2,1-3H3,(H,31,35)/t25-,26-/m1/s1. The molecule has 3 aromatic heterocycles. The highest BCUT2D eigenvalue weighted by molar-refractivity contribution is 7.80. The first-order chi connectivity index (χ1) is 17.0. The van der Waals surface area contributed by atoms with Crippen LogP contribution in [0.2, 0.25) is 5.02 Å². The lowest BCUT2D eigenvalue weighted by Crippen LogP contribution is -2.29. The van der Waals surface area contributed by atoms with Gasteiger partial charge in [-0.2, -0.15) is 0 Å². The van der Waals surface area contributed by atoms with Crippen molar-refractivity contribution in [1.82, 2.24) is 24.8 Å². The Morgan fingerprint density at radius 3 is 2.66 bits per heavy atom. The summed E-state index contributed by atoms with van der Waals surface area (Å²) in [6.07, 6.45) is 5.49. The number of methoxy groups -OCH3 is 1. The van der Waals surface area contributed by atoms with Gasteiger partial charge in [-0.15, -0.1) is 0 Å². The van der Waals surface area contributed by atoms with Crippen LogP contribution in [0.25, 0.3) is 5.69 Å². The molecule has 0 unspecified atom stereocenters. The molecule has 2 atom stereocenters. The summed E-state index contributed by atoms with van der Waals surface area (Å²) in [5, 5.41) is 4.89. The molecular weight excluding hydrogens is 478 g/mol. The molecule has 1 fully saturated rings. The van der Waals surface area contributed by atoms with Crippen molar-refractivity contribution in [1.29, 1.82) is 0 Å². The Morgan fingerprint density at radius 1 is 1.09 bits per heavy atom. The van der Waals surface area contributed by atoms with Gasteiger partial charge in [0.1, 0.15) is 5.75 Å². The zero-order valence-corrected chi connectivity index (χ0v) is 21.3. The molecule has 4 aromatic rings. The van der Waals surface area contributed by atoms with Gasteiger partial charge in [-0.3, -0.25) is 9.97 Å². The van der Waals surface area contributed by atoms with Crippen LogP contribution in [0.3, 0.4) is 0 Å². The lowest BCUT2D eigenvalue weighted by molar-refractivity contribution is 0.310. The number of nitrogens with one attached hydrogen (secondary N) is 1. The van der Waals surface area contributed by atoms with Gasteiger partial charge in [0.25, 0.3) is 0 Å². The molecule has 1 aliphatic rings. The SMILES string of the molecule is COc1ccc(Cl)cc1-n1c(C)cc([C@@H]2[C@@H](c3ccccn3)NC(=S)N2Cc2cccnc2)c1C. The molecule has 4 heterocycles. The van der Waals surface area contributed by atoms with Crippen molar-refractivity contribution in [2.45, 2.75) is 32.5 Å². The van der Waals surface area contributed by atoms with Crippen LogP contribution in [0.4, 0.5) is 0 Å². The quantitative estimate of drug-likeness (QED) is 0.340. The van der Waals surface area contributed by atoms with Crippen molar-refractivity contribution in [3.05, 3.63) is 106 Å². The molecule has 5 rings (SSSR count). The van der Waals surface area contributed by atoms with Crippen LogP contribution in [0.1, 0.15) is 40.3 Å². The highest BCUT2D eigenvalue weighted by Crippen LogP contribution is 2.43. The molecule has 178 valence electrons. The van der Waals surface area contributed by atoms with Crippen molar-refractivity contribution in [2.24, 2.45) is 0 Å². The number of hydrogen-bond donors (Lipinski definition) is 1. The van der Waals surface area contributed by atoms with Gasteiger partial charge in [0.2, 0.25) is 0 Å². The second-order valence-electron chi connectivity index (χ2n) is 8.59. The molecular formula is C27H26ClN5OS. The van der Waals surface area contributed by atoms with Gasteiger partial charge < -0.3 is 19.5 Å². The minimum absolute atomic E-state index is 0.0669. The van der Waals surface area contributed by atoms with Crippen LogP contribution in [0, 0.1) is 13.8 Å². The van der Waals surface area contributed by atoms with Crippen molar-refractivity contribution in [2.75, 3.05) is 7.11 Å². The first-order valence-corrected chi connectivity index (χ1v) is 12.2. The van der Waals surface area contributed by atoms with E-state index in [9.17, 15) is 0 Å². The average molecular weight is 504 g/mol. The van der Waals surface area contributed by atoms with E-state index in [0.717, 1.165) is 39.6 Å². The van der Waals surface area contributed by atoms with Gasteiger partial charge in [0.05, 0.1) is 30.6 Å². The predicted octanol–water partition coefficient (Wildman–Crippen LogP) is 5.72. The smallest absolute Gasteiger partial charge is 0.170 e. The molecule has 35 heavy (non-hydrogen) atoms. The zero-order valence-electron chi connectivity index (χ0n) is 19.8. The maximum atomic E-state index is 6.38. The number of hydrogen-bond acceptors (Lipinski definition) is 4. The molecule has 1 saturated heterocycles. The summed E-state index contributed by atoms with van der Waals surface area (Å²) < 4.78 is 7.86. The molecule has 0 bridgehead atoms. The molecule has 8 heteroatoms. The highest BCUT2D eigenvalue weighted by atomic mass is 35.5. The first-order valence-electron chi connectivity index (χ1n) is 11.4. The van der Waals surface area contributed by atoms with E-state index < -0.39 is 0 Å². The van der Waals surface area contributed by atoms with Crippen molar-refractivity contribution < 1.29 is 4.74 Å². The van der Waals surface area contributed by atoms with Gasteiger partial charge in [-0.05, 0) is 79.7 Å². The van der Waals surface area contributed by atoms with Crippen LogP contribution in [0.15, 0.2) is 73.2 Å². The number of thiocarbonyl (C=S) groups is 1. The molecule has 0 aliphatic carbocycles. The number of aryl methyl sites for hydroxylation is 1. The van der Waals surface area contributed by atoms with Crippen LogP contribution >= 0.6 is 23.8 Å². The van der Waals surface area contributed by atoms with E-state index in [1.54, 1.807) is 13.3 Å². The summed E-state index contributed by atoms with van der Waals surface area (Å²) >= 11 is 12.2. The second-order valence-corrected chi connectivity index (χ2v) is 9.42. The van der Waals surface area contributed by atoms with Gasteiger partial charge >= 0.3 is 0 Å². The van der Waals surface area contributed by atoms with E-state index in [1.807, 2.05) is 54.9 Å². The van der Waals surface area contributed by atoms with Gasteiger partial charge in [-0.25, -0.2) is 0 Å². The summed E-state index contributed by atoms with van der Waals surface area (Å²) in [6, 6.07) is 17.7. The summed E-state index contributed by atoms with van der Waals surface area (Å²) in [5.41, 5.74) is 6.28. The zero-order chi connectivity index (χ0) is 24.5. The number of rotatable bonds is 6. The molecule has 1 N–H and O–H groups in total. The van der Waals surface area contributed by atoms with Crippen molar-refractivity contribution in [3.8, 4) is 11.4 Å². The maximum absolute atomic E-state index is 6.38. The van der Waals surface area contributed by atoms with E-state index in [1.165, 1.54) is 0 Å². The summed E-state index contributed by atoms with van der Waals surface area (Å²) in [6.45, 7) is 4.86. The van der Waals surface area contributed by atoms with Gasteiger partial charge in [0, 0.05) is 41.5 Å². The number of halogens is 1. The Balaban J connectivity index is 1.65. The average Bonchev–Trinajstić information content (AvgIpc) is 3.35. The number of pyridine rings is 2. The molecule has 0 radical (unpaired) electrons. The third-order valence-corrected chi connectivity index (χ3v) is 7.03.